The molecule has 0 spiro atoms. The zero-order valence-electron chi connectivity index (χ0n) is 13.0. The monoisotopic (exact) mass is 355 g/mol. The molecule has 0 radical (unpaired) electrons. The van der Waals surface area contributed by atoms with E-state index in [1.165, 1.54) is 37.3 Å². The van der Waals surface area contributed by atoms with Crippen molar-refractivity contribution in [2.45, 2.75) is 0 Å². The Kier molecular flexibility index (Phi) is 5.84. The SMILES string of the molecule is COC(=O)C1=C(C(=O)OC)N(c2cc(B(O)O)ccc2Cl)COC1. The second kappa shape index (κ2) is 7.67. The first-order chi connectivity index (χ1) is 11.4. The molecular weight excluding hydrogens is 340 g/mol. The van der Waals surface area contributed by atoms with Gasteiger partial charge in [0, 0.05) is 0 Å². The number of esters is 2. The van der Waals surface area contributed by atoms with E-state index < -0.39 is 19.1 Å². The van der Waals surface area contributed by atoms with E-state index in [-0.39, 0.29) is 40.8 Å². The number of hydrogen-bond acceptors (Lipinski definition) is 8. The topological polar surface area (TPSA) is 106 Å². The molecule has 8 nitrogen and oxygen atoms in total. The van der Waals surface area contributed by atoms with Crippen molar-refractivity contribution in [2.24, 2.45) is 0 Å². The Hall–Kier alpha value is -2.07. The van der Waals surface area contributed by atoms with Gasteiger partial charge in [-0.15, -0.1) is 0 Å². The fraction of sp³-hybridized carbons (Fsp3) is 0.286. The first-order valence-electron chi connectivity index (χ1n) is 6.81. The third kappa shape index (κ3) is 3.54. The Bertz CT molecular complexity index is 692. The number of ether oxygens (including phenoxy) is 3. The van der Waals surface area contributed by atoms with E-state index in [0.29, 0.717) is 0 Å². The normalized spacial score (nSPS) is 14.5. The molecule has 0 fully saturated rings. The number of benzene rings is 1. The van der Waals surface area contributed by atoms with E-state index in [1.807, 2.05) is 0 Å². The highest BCUT2D eigenvalue weighted by molar-refractivity contribution is 6.59. The highest BCUT2D eigenvalue weighted by Crippen LogP contribution is 2.31. The summed E-state index contributed by atoms with van der Waals surface area (Å²) in [5.41, 5.74) is 0.302. The fourth-order valence-corrected chi connectivity index (χ4v) is 2.45. The summed E-state index contributed by atoms with van der Waals surface area (Å²) in [7, 11) is 0.629. The summed E-state index contributed by atoms with van der Waals surface area (Å²) < 4.78 is 14.7. The Morgan fingerprint density at radius 3 is 2.50 bits per heavy atom. The molecule has 2 rings (SSSR count). The minimum absolute atomic E-state index is 0.0263. The summed E-state index contributed by atoms with van der Waals surface area (Å²) in [6.45, 7) is -0.219. The molecule has 1 aromatic carbocycles. The van der Waals surface area contributed by atoms with Crippen molar-refractivity contribution in [2.75, 3.05) is 32.5 Å². The van der Waals surface area contributed by atoms with Gasteiger partial charge in [-0.1, -0.05) is 17.7 Å². The minimum atomic E-state index is -1.72. The van der Waals surface area contributed by atoms with E-state index in [2.05, 4.69) is 4.74 Å². The van der Waals surface area contributed by atoms with Crippen molar-refractivity contribution in [1.29, 1.82) is 0 Å². The minimum Gasteiger partial charge on any atom is -0.466 e. The van der Waals surface area contributed by atoms with Crippen LogP contribution in [0.2, 0.25) is 5.02 Å². The average molecular weight is 356 g/mol. The number of hydrogen-bond donors (Lipinski definition) is 2. The third-order valence-corrected chi connectivity index (χ3v) is 3.71. The number of nitrogens with zero attached hydrogens (tertiary/aromatic N) is 1. The highest BCUT2D eigenvalue weighted by atomic mass is 35.5. The van der Waals surface area contributed by atoms with Crippen LogP contribution in [0.5, 0.6) is 0 Å². The van der Waals surface area contributed by atoms with Crippen LogP contribution in [-0.2, 0) is 23.8 Å². The van der Waals surface area contributed by atoms with Gasteiger partial charge in [-0.2, -0.15) is 0 Å². The number of anilines is 1. The molecule has 0 aliphatic carbocycles. The Morgan fingerprint density at radius 2 is 1.92 bits per heavy atom. The molecule has 1 heterocycles. The van der Waals surface area contributed by atoms with Crippen LogP contribution in [0.1, 0.15) is 0 Å². The van der Waals surface area contributed by atoms with Crippen LogP contribution >= 0.6 is 11.6 Å². The lowest BCUT2D eigenvalue weighted by molar-refractivity contribution is -0.140. The van der Waals surface area contributed by atoms with E-state index in [0.717, 1.165) is 0 Å². The summed E-state index contributed by atoms with van der Waals surface area (Å²) in [5.74, 6) is -1.51. The molecule has 0 amide bonds. The van der Waals surface area contributed by atoms with Crippen LogP contribution < -0.4 is 10.4 Å². The predicted molar refractivity (Wildman–Crippen MR) is 85.6 cm³/mol. The molecule has 0 saturated carbocycles. The molecule has 1 aliphatic rings. The van der Waals surface area contributed by atoms with Gasteiger partial charge in [0.1, 0.15) is 12.4 Å². The molecule has 1 aliphatic heterocycles. The predicted octanol–water partition coefficient (Wildman–Crippen LogP) is -0.586. The molecule has 10 heteroatoms. The Balaban J connectivity index is 2.61. The molecule has 2 N–H and O–H groups in total. The first-order valence-corrected chi connectivity index (χ1v) is 7.19. The molecule has 0 unspecified atom stereocenters. The van der Waals surface area contributed by atoms with Crippen molar-refractivity contribution >= 4 is 41.8 Å². The largest absolute Gasteiger partial charge is 0.488 e. The Morgan fingerprint density at radius 1 is 1.25 bits per heavy atom. The maximum Gasteiger partial charge on any atom is 0.488 e. The van der Waals surface area contributed by atoms with Gasteiger partial charge in [-0.05, 0) is 17.6 Å². The molecule has 1 aromatic rings. The Labute approximate surface area is 143 Å². The van der Waals surface area contributed by atoms with Crippen LogP contribution in [0, 0.1) is 0 Å². The lowest BCUT2D eigenvalue weighted by atomic mass is 9.80. The van der Waals surface area contributed by atoms with Crippen molar-refractivity contribution in [3.05, 3.63) is 34.5 Å². The second-order valence-corrected chi connectivity index (χ2v) is 5.21. The van der Waals surface area contributed by atoms with Crippen LogP contribution in [0.4, 0.5) is 5.69 Å². The molecular formula is C14H15BClNO7. The molecule has 24 heavy (non-hydrogen) atoms. The van der Waals surface area contributed by atoms with Gasteiger partial charge in [0.05, 0.1) is 37.1 Å². The molecule has 128 valence electrons. The maximum atomic E-state index is 12.2. The third-order valence-electron chi connectivity index (χ3n) is 3.39. The smallest absolute Gasteiger partial charge is 0.466 e. The van der Waals surface area contributed by atoms with Gasteiger partial charge < -0.3 is 29.2 Å². The quantitative estimate of drug-likeness (QED) is 0.546. The second-order valence-electron chi connectivity index (χ2n) is 4.80. The standard InChI is InChI=1S/C14H15BClNO7/c1-22-13(18)9-6-24-7-17(12(9)14(19)23-2)11-5-8(15(20)21)3-4-10(11)16/h3-5,20-21H,6-7H2,1-2H3. The van der Waals surface area contributed by atoms with Crippen molar-refractivity contribution in [3.63, 3.8) is 0 Å². The van der Waals surface area contributed by atoms with Crippen LogP contribution in [-0.4, -0.2) is 56.7 Å². The summed E-state index contributed by atoms with van der Waals surface area (Å²) >= 11 is 6.16. The van der Waals surface area contributed by atoms with E-state index >= 15 is 0 Å². The maximum absolute atomic E-state index is 12.2. The number of methoxy groups -OCH3 is 2. The number of rotatable bonds is 4. The fourth-order valence-electron chi connectivity index (χ4n) is 2.23. The van der Waals surface area contributed by atoms with Gasteiger partial charge in [0.2, 0.25) is 0 Å². The lowest BCUT2D eigenvalue weighted by Crippen LogP contribution is -2.40. The van der Waals surface area contributed by atoms with E-state index in [1.54, 1.807) is 0 Å². The average Bonchev–Trinajstić information content (AvgIpc) is 2.59. The number of halogens is 1. The van der Waals surface area contributed by atoms with Gasteiger partial charge in [-0.25, -0.2) is 9.59 Å². The molecule has 0 aromatic heterocycles. The summed E-state index contributed by atoms with van der Waals surface area (Å²) in [4.78, 5) is 25.4. The van der Waals surface area contributed by atoms with Crippen LogP contribution in [0.15, 0.2) is 29.5 Å². The van der Waals surface area contributed by atoms with Crippen molar-refractivity contribution in [1.82, 2.24) is 0 Å². The lowest BCUT2D eigenvalue weighted by Gasteiger charge is -2.32. The van der Waals surface area contributed by atoms with Gasteiger partial charge in [0.15, 0.2) is 0 Å². The highest BCUT2D eigenvalue weighted by Gasteiger charge is 2.33. The van der Waals surface area contributed by atoms with Crippen molar-refractivity contribution in [3.8, 4) is 0 Å². The first kappa shape index (κ1) is 18.3. The molecule has 0 saturated heterocycles. The van der Waals surface area contributed by atoms with Crippen LogP contribution in [0.3, 0.4) is 0 Å². The summed E-state index contributed by atoms with van der Waals surface area (Å²) in [5, 5.41) is 18.9. The van der Waals surface area contributed by atoms with E-state index in [9.17, 15) is 19.6 Å². The zero-order chi connectivity index (χ0) is 17.9. The summed E-state index contributed by atoms with van der Waals surface area (Å²) in [6.07, 6.45) is 0. The molecule has 0 bridgehead atoms. The zero-order valence-corrected chi connectivity index (χ0v) is 13.7. The van der Waals surface area contributed by atoms with Gasteiger partial charge in [-0.3, -0.25) is 0 Å². The van der Waals surface area contributed by atoms with Gasteiger partial charge in [0.25, 0.3) is 0 Å². The number of carbonyl (C=O) groups excluding carboxylic acids is 2. The van der Waals surface area contributed by atoms with Crippen LogP contribution in [0.25, 0.3) is 0 Å². The van der Waals surface area contributed by atoms with Crippen molar-refractivity contribution < 1.29 is 33.8 Å². The number of carbonyl (C=O) groups is 2. The van der Waals surface area contributed by atoms with E-state index in [4.69, 9.17) is 21.1 Å². The summed E-state index contributed by atoms with van der Waals surface area (Å²) in [6, 6.07) is 4.23. The molecule has 0 atom stereocenters. The van der Waals surface area contributed by atoms with Gasteiger partial charge >= 0.3 is 19.1 Å².